The fourth-order valence-corrected chi connectivity index (χ4v) is 4.80. The minimum absolute atomic E-state index is 0.00261. The van der Waals surface area contributed by atoms with Crippen LogP contribution in [-0.2, 0) is 9.47 Å². The van der Waals surface area contributed by atoms with Gasteiger partial charge in [0.2, 0.25) is 5.89 Å². The summed E-state index contributed by atoms with van der Waals surface area (Å²) in [5, 5.41) is 32.1. The van der Waals surface area contributed by atoms with Gasteiger partial charge in [0.15, 0.2) is 5.76 Å². The molecule has 3 N–H and O–H groups in total. The molecule has 2 aromatic rings. The molecule has 0 aliphatic carbocycles. The second kappa shape index (κ2) is 10.9. The number of epoxide rings is 1. The third kappa shape index (κ3) is 5.90. The summed E-state index contributed by atoms with van der Waals surface area (Å²) in [6.45, 7) is 5.99. The fraction of sp³-hybridized carbons (Fsp3) is 0.600. The van der Waals surface area contributed by atoms with Crippen LogP contribution in [0.15, 0.2) is 39.5 Å². The molecule has 2 aliphatic rings. The average Bonchev–Trinajstić information content (AvgIpc) is 3.44. The first kappa shape index (κ1) is 25.3. The Hall–Kier alpha value is -1.75. The molecule has 9 heteroatoms. The smallest absolute Gasteiger partial charge is 0.219 e. The highest BCUT2D eigenvalue weighted by atomic mass is 32.2. The maximum atomic E-state index is 10.7. The minimum Gasteiger partial charge on any atom is -0.437 e. The molecule has 2 aromatic heterocycles. The second-order valence-electron chi connectivity index (χ2n) is 9.43. The first-order chi connectivity index (χ1) is 16.3. The van der Waals surface area contributed by atoms with E-state index >= 15 is 0 Å². The summed E-state index contributed by atoms with van der Waals surface area (Å²) < 4.78 is 17.5. The Morgan fingerprint density at radius 1 is 1.18 bits per heavy atom. The summed E-state index contributed by atoms with van der Waals surface area (Å²) in [7, 11) is 0. The van der Waals surface area contributed by atoms with Crippen LogP contribution in [0.1, 0.15) is 39.5 Å². The van der Waals surface area contributed by atoms with Crippen LogP contribution >= 0.6 is 11.8 Å². The molecular weight excluding hydrogens is 456 g/mol. The Bertz CT molecular complexity index is 978. The number of hydrogen-bond donors (Lipinski definition) is 3. The molecule has 4 heterocycles. The largest absolute Gasteiger partial charge is 0.437 e. The van der Waals surface area contributed by atoms with Crippen molar-refractivity contribution in [1.82, 2.24) is 9.97 Å². The van der Waals surface area contributed by atoms with E-state index in [4.69, 9.17) is 13.9 Å². The Morgan fingerprint density at radius 2 is 1.97 bits per heavy atom. The van der Waals surface area contributed by atoms with E-state index in [0.29, 0.717) is 31.1 Å². The van der Waals surface area contributed by atoms with Crippen molar-refractivity contribution >= 4 is 17.8 Å². The number of aliphatic hydroxyl groups is 3. The van der Waals surface area contributed by atoms with Crippen LogP contribution in [0, 0.1) is 11.8 Å². The molecule has 2 aliphatic heterocycles. The standard InChI is InChI=1S/C25H34N2O6S/c1-13(8-21-26-11-20(32-21)16-5-6-22(34-4)27-10-16)7-18-24(30)23(29)17(12-31-18)9-19-25(33-19)14(2)15(3)28/h5-6,8,10-11,14-15,17-19,23-25,28-30H,7,9,12H2,1-4H3/b13-8+/t14-,15-,17-,18-,19-,23+,24-,25-/m0/s1. The third-order valence-corrected chi connectivity index (χ3v) is 7.48. The minimum atomic E-state index is -0.991. The van der Waals surface area contributed by atoms with Crippen LogP contribution < -0.4 is 0 Å². The van der Waals surface area contributed by atoms with Crippen molar-refractivity contribution in [2.75, 3.05) is 12.9 Å². The topological polar surface area (TPSA) is 121 Å². The van der Waals surface area contributed by atoms with Crippen molar-refractivity contribution in [1.29, 1.82) is 0 Å². The number of rotatable bonds is 9. The van der Waals surface area contributed by atoms with E-state index in [0.717, 1.165) is 16.2 Å². The van der Waals surface area contributed by atoms with Crippen molar-refractivity contribution < 1.29 is 29.2 Å². The SMILES string of the molecule is CSc1ccc(-c2cnc(/C=C(\C)C[C@@H]3OC[C@H](C[C@@H]4O[C@H]4[C@@H](C)[C@H](C)O)[C@@H](O)[C@H]3O)o2)cn1. The number of aliphatic hydroxyl groups excluding tert-OH is 3. The van der Waals surface area contributed by atoms with E-state index < -0.39 is 24.4 Å². The van der Waals surface area contributed by atoms with Gasteiger partial charge in [-0.05, 0) is 51.2 Å². The highest BCUT2D eigenvalue weighted by Crippen LogP contribution is 2.38. The van der Waals surface area contributed by atoms with Crippen LogP contribution in [0.2, 0.25) is 0 Å². The molecule has 34 heavy (non-hydrogen) atoms. The summed E-state index contributed by atoms with van der Waals surface area (Å²) in [5.74, 6) is 0.942. The third-order valence-electron chi connectivity index (χ3n) is 6.82. The van der Waals surface area contributed by atoms with Gasteiger partial charge in [-0.2, -0.15) is 0 Å². The van der Waals surface area contributed by atoms with Crippen LogP contribution in [-0.4, -0.2) is 74.8 Å². The molecule has 0 saturated carbocycles. The number of aromatic nitrogens is 2. The zero-order valence-electron chi connectivity index (χ0n) is 20.0. The molecule has 8 nitrogen and oxygen atoms in total. The molecule has 4 rings (SSSR count). The lowest BCUT2D eigenvalue weighted by atomic mass is 9.85. The number of hydrogen-bond acceptors (Lipinski definition) is 9. The predicted molar refractivity (Wildman–Crippen MR) is 129 cm³/mol. The van der Waals surface area contributed by atoms with Gasteiger partial charge in [0.25, 0.3) is 0 Å². The lowest BCUT2D eigenvalue weighted by Crippen LogP contribution is -2.50. The van der Waals surface area contributed by atoms with Gasteiger partial charge in [0, 0.05) is 23.6 Å². The number of nitrogens with zero attached hydrogens (tertiary/aromatic N) is 2. The Kier molecular flexibility index (Phi) is 8.12. The molecule has 0 spiro atoms. The summed E-state index contributed by atoms with van der Waals surface area (Å²) in [4.78, 5) is 8.68. The van der Waals surface area contributed by atoms with Gasteiger partial charge in [-0.1, -0.05) is 12.5 Å². The molecule has 0 bridgehead atoms. The molecule has 2 fully saturated rings. The van der Waals surface area contributed by atoms with E-state index in [1.54, 1.807) is 31.1 Å². The van der Waals surface area contributed by atoms with Gasteiger partial charge in [-0.3, -0.25) is 0 Å². The van der Waals surface area contributed by atoms with Crippen molar-refractivity contribution in [3.05, 3.63) is 36.0 Å². The van der Waals surface area contributed by atoms with Crippen LogP contribution in [0.5, 0.6) is 0 Å². The Morgan fingerprint density at radius 3 is 2.65 bits per heavy atom. The molecular formula is C25H34N2O6S. The molecule has 0 aromatic carbocycles. The quantitative estimate of drug-likeness (QED) is 0.359. The lowest BCUT2D eigenvalue weighted by molar-refractivity contribution is -0.165. The maximum Gasteiger partial charge on any atom is 0.219 e. The monoisotopic (exact) mass is 490 g/mol. The van der Waals surface area contributed by atoms with Crippen molar-refractivity contribution in [2.24, 2.45) is 11.8 Å². The normalized spacial score (nSPS) is 31.3. The molecule has 0 amide bonds. The molecule has 0 radical (unpaired) electrons. The van der Waals surface area contributed by atoms with Crippen molar-refractivity contribution in [3.8, 4) is 11.3 Å². The van der Waals surface area contributed by atoms with Crippen LogP contribution in [0.4, 0.5) is 0 Å². The van der Waals surface area contributed by atoms with Gasteiger partial charge >= 0.3 is 0 Å². The van der Waals surface area contributed by atoms with E-state index in [1.165, 1.54) is 0 Å². The van der Waals surface area contributed by atoms with Crippen molar-refractivity contribution in [2.45, 2.75) is 75.3 Å². The summed E-state index contributed by atoms with van der Waals surface area (Å²) in [5.41, 5.74) is 1.78. The number of ether oxygens (including phenoxy) is 2. The van der Waals surface area contributed by atoms with E-state index in [-0.39, 0.29) is 24.0 Å². The second-order valence-corrected chi connectivity index (χ2v) is 10.3. The number of thioether (sulfide) groups is 1. The summed E-state index contributed by atoms with van der Waals surface area (Å²) in [6.07, 6.45) is 5.45. The summed E-state index contributed by atoms with van der Waals surface area (Å²) in [6, 6.07) is 3.89. The van der Waals surface area contributed by atoms with Crippen LogP contribution in [0.25, 0.3) is 17.4 Å². The van der Waals surface area contributed by atoms with Crippen molar-refractivity contribution in [3.63, 3.8) is 0 Å². The van der Waals surface area contributed by atoms with Gasteiger partial charge in [-0.25, -0.2) is 9.97 Å². The predicted octanol–water partition coefficient (Wildman–Crippen LogP) is 3.16. The van der Waals surface area contributed by atoms with Gasteiger partial charge in [0.05, 0.1) is 48.3 Å². The molecule has 186 valence electrons. The maximum absolute atomic E-state index is 10.7. The van der Waals surface area contributed by atoms with E-state index in [2.05, 4.69) is 9.97 Å². The van der Waals surface area contributed by atoms with Crippen LogP contribution in [0.3, 0.4) is 0 Å². The van der Waals surface area contributed by atoms with E-state index in [9.17, 15) is 15.3 Å². The molecule has 2 saturated heterocycles. The summed E-state index contributed by atoms with van der Waals surface area (Å²) >= 11 is 1.58. The van der Waals surface area contributed by atoms with Gasteiger partial charge in [0.1, 0.15) is 6.10 Å². The first-order valence-corrected chi connectivity index (χ1v) is 12.9. The number of pyridine rings is 1. The zero-order chi connectivity index (χ0) is 24.4. The molecule has 8 atom stereocenters. The van der Waals surface area contributed by atoms with Gasteiger partial charge in [-0.15, -0.1) is 11.8 Å². The Labute approximate surface area is 204 Å². The zero-order valence-corrected chi connectivity index (χ0v) is 20.8. The van der Waals surface area contributed by atoms with E-state index in [1.807, 2.05) is 38.3 Å². The lowest BCUT2D eigenvalue weighted by Gasteiger charge is -2.38. The number of oxazole rings is 1. The van der Waals surface area contributed by atoms with Gasteiger partial charge < -0.3 is 29.2 Å². The fourth-order valence-electron chi connectivity index (χ4n) is 4.43. The average molecular weight is 491 g/mol. The molecule has 0 unspecified atom stereocenters. The first-order valence-electron chi connectivity index (χ1n) is 11.7. The Balaban J connectivity index is 1.30. The highest BCUT2D eigenvalue weighted by molar-refractivity contribution is 7.98. The highest BCUT2D eigenvalue weighted by Gasteiger charge is 2.48.